The topological polar surface area (TPSA) is 188 Å². The van der Waals surface area contributed by atoms with Gasteiger partial charge in [-0.15, -0.1) is 0 Å². The molecule has 0 spiro atoms. The molecule has 10 nitrogen and oxygen atoms in total. The first kappa shape index (κ1) is 57.5. The lowest BCUT2D eigenvalue weighted by atomic mass is 9.86. The number of nitrogens with zero attached hydrogens (tertiary/aromatic N) is 4. The molecule has 0 heterocycles. The summed E-state index contributed by atoms with van der Waals surface area (Å²) < 4.78 is 13.1. The fourth-order valence-corrected chi connectivity index (χ4v) is 10.8. The summed E-state index contributed by atoms with van der Waals surface area (Å²) in [6.07, 6.45) is 6.34. The highest BCUT2D eigenvalue weighted by molar-refractivity contribution is 5.96. The third-order valence-corrected chi connectivity index (χ3v) is 15.1. The van der Waals surface area contributed by atoms with Crippen molar-refractivity contribution < 1.29 is 29.3 Å². The van der Waals surface area contributed by atoms with Gasteiger partial charge in [0.15, 0.2) is 0 Å². The van der Waals surface area contributed by atoms with Crippen molar-refractivity contribution >= 4 is 58.5 Å². The second-order valence-electron chi connectivity index (χ2n) is 21.1. The van der Waals surface area contributed by atoms with Crippen molar-refractivity contribution in [1.29, 1.82) is 21.0 Å². The number of benzene rings is 10. The molecule has 0 fully saturated rings. The van der Waals surface area contributed by atoms with Gasteiger partial charge in [0.05, 0.1) is 57.7 Å². The first-order valence-corrected chi connectivity index (χ1v) is 28.3. The van der Waals surface area contributed by atoms with E-state index in [2.05, 4.69) is 24.3 Å². The Hall–Kier alpha value is -12.3. The molecule has 11 rings (SSSR count). The number of ether oxygens (including phenoxy) is 2. The fraction of sp³-hybridized carbons (Fsp3) is 0.0513. The van der Waals surface area contributed by atoms with Crippen LogP contribution in [0.1, 0.15) is 110 Å². The quantitative estimate of drug-likeness (QED) is 0.0515. The molecule has 0 amide bonds. The molecule has 1 aliphatic carbocycles. The molecule has 0 aliphatic heterocycles. The van der Waals surface area contributed by atoms with Gasteiger partial charge in [-0.05, 0) is 164 Å². The number of carbonyl (C=O) groups is 2. The zero-order valence-electron chi connectivity index (χ0n) is 47.4. The van der Waals surface area contributed by atoms with Crippen LogP contribution in [0.5, 0.6) is 23.0 Å². The molecule has 88 heavy (non-hydrogen) atoms. The van der Waals surface area contributed by atoms with Crippen LogP contribution in [0, 0.1) is 45.3 Å². The second-order valence-corrected chi connectivity index (χ2v) is 21.1. The molecule has 0 saturated carbocycles. The molecule has 0 saturated heterocycles. The van der Waals surface area contributed by atoms with Crippen molar-refractivity contribution in [3.8, 4) is 47.3 Å². The van der Waals surface area contributed by atoms with Gasteiger partial charge in [0.1, 0.15) is 23.0 Å². The Morgan fingerprint density at radius 1 is 0.307 bits per heavy atom. The lowest BCUT2D eigenvalue weighted by Gasteiger charge is -2.22. The molecule has 420 valence electrons. The van der Waals surface area contributed by atoms with Crippen LogP contribution in [0.3, 0.4) is 0 Å². The van der Waals surface area contributed by atoms with Crippen LogP contribution in [0.2, 0.25) is 0 Å². The van der Waals surface area contributed by atoms with Crippen molar-refractivity contribution in [2.45, 2.75) is 25.7 Å². The van der Waals surface area contributed by atoms with Gasteiger partial charge >= 0.3 is 11.9 Å². The normalized spacial score (nSPS) is 12.3. The van der Waals surface area contributed by atoms with Crippen LogP contribution in [-0.4, -0.2) is 22.2 Å². The largest absolute Gasteiger partial charge is 0.507 e. The number of hydrogen-bond donors (Lipinski definition) is 2. The first-order chi connectivity index (χ1) is 43.0. The monoisotopic (exact) mass is 1140 g/mol. The lowest BCUT2D eigenvalue weighted by Crippen LogP contribution is -2.14. The Balaban J connectivity index is 1.25. The summed E-state index contributed by atoms with van der Waals surface area (Å²) in [7, 11) is 0. The van der Waals surface area contributed by atoms with Gasteiger partial charge in [-0.25, -0.2) is 9.59 Å². The third kappa shape index (κ3) is 13.2. The van der Waals surface area contributed by atoms with Crippen molar-refractivity contribution in [3.05, 3.63) is 331 Å². The summed E-state index contributed by atoms with van der Waals surface area (Å²) in [6.45, 7) is 0. The van der Waals surface area contributed by atoms with E-state index in [1.54, 1.807) is 133 Å². The maximum atomic E-state index is 14.6. The van der Waals surface area contributed by atoms with Crippen LogP contribution in [-0.2, 0) is 25.7 Å². The number of phenolic OH excluding ortho intramolecular Hbond substituents is 2. The maximum Gasteiger partial charge on any atom is 0.343 e. The van der Waals surface area contributed by atoms with Crippen molar-refractivity contribution in [1.82, 2.24) is 0 Å². The minimum absolute atomic E-state index is 0.0827. The summed E-state index contributed by atoms with van der Waals surface area (Å²) in [6, 6.07) is 77.6. The predicted molar refractivity (Wildman–Crippen MR) is 343 cm³/mol. The molecular formula is C78H52N4O6. The Kier molecular flexibility index (Phi) is 17.3. The smallest absolute Gasteiger partial charge is 0.343 e. The average Bonchev–Trinajstić information content (AvgIpc) is 3.65. The maximum absolute atomic E-state index is 14.6. The molecule has 0 unspecified atom stereocenters. The number of esters is 2. The first-order valence-electron chi connectivity index (χ1n) is 28.3. The molecule has 0 aromatic heterocycles. The third-order valence-electron chi connectivity index (χ3n) is 15.1. The molecule has 10 aromatic carbocycles. The van der Waals surface area contributed by atoms with E-state index in [9.17, 15) is 40.8 Å². The number of nitriles is 4. The summed E-state index contributed by atoms with van der Waals surface area (Å²) in [5.41, 5.74) is 8.68. The number of carbonyl (C=O) groups excluding carboxylic acids is 2. The summed E-state index contributed by atoms with van der Waals surface area (Å²) >= 11 is 0. The number of phenols is 2. The van der Waals surface area contributed by atoms with E-state index >= 15 is 0 Å². The van der Waals surface area contributed by atoms with Crippen molar-refractivity contribution in [3.63, 3.8) is 0 Å². The molecule has 0 radical (unpaired) electrons. The number of fused-ring (bicyclic) bond motifs is 8. The Bertz CT molecular complexity index is 4230. The van der Waals surface area contributed by atoms with Gasteiger partial charge in [0, 0.05) is 47.9 Å². The molecule has 0 atom stereocenters. The van der Waals surface area contributed by atoms with Gasteiger partial charge in [-0.1, -0.05) is 158 Å². The average molecular weight is 1140 g/mol. The zero-order chi connectivity index (χ0) is 60.9. The zero-order valence-corrected chi connectivity index (χ0v) is 47.4. The molecule has 10 heteroatoms. The van der Waals surface area contributed by atoms with E-state index in [-0.39, 0.29) is 104 Å². The van der Waals surface area contributed by atoms with E-state index in [0.29, 0.717) is 44.5 Å². The number of allylic oxidation sites excluding steroid dienone is 4. The van der Waals surface area contributed by atoms with E-state index in [0.717, 1.165) is 22.3 Å². The van der Waals surface area contributed by atoms with E-state index in [1.165, 1.54) is 0 Å². The number of aromatic hydroxyl groups is 2. The number of rotatable bonds is 12. The molecule has 1 aliphatic rings. The predicted octanol–water partition coefficient (Wildman–Crippen LogP) is 16.5. The molecule has 8 bridgehead atoms. The van der Waals surface area contributed by atoms with Crippen LogP contribution in [0.25, 0.3) is 46.6 Å². The van der Waals surface area contributed by atoms with Gasteiger partial charge in [-0.2, -0.15) is 21.0 Å². The summed E-state index contributed by atoms with van der Waals surface area (Å²) in [5, 5.41) is 70.4. The minimum Gasteiger partial charge on any atom is -0.507 e. The van der Waals surface area contributed by atoms with Crippen LogP contribution in [0.4, 0.5) is 0 Å². The highest BCUT2D eigenvalue weighted by Gasteiger charge is 2.27. The Morgan fingerprint density at radius 3 is 0.727 bits per heavy atom. The molecule has 2 N–H and O–H groups in total. The van der Waals surface area contributed by atoms with Crippen LogP contribution >= 0.6 is 0 Å². The lowest BCUT2D eigenvalue weighted by molar-refractivity contribution is 0.0722. The van der Waals surface area contributed by atoms with Gasteiger partial charge in [-0.3, -0.25) is 0 Å². The SMILES string of the molecule is N#C/C(=C\c1ccccc1)c1cc2c(O)c(c1)Cc1cc(/C(C#N)=C/c3ccccc3)cc(c1OC(=O)c1ccccc1)Cc1cc(/C(C#N)=C/c3ccccc3)cc(c1O)Cc1cc(/C(C#N)=C/c3ccccc3)cc(c1OC(=O)c1ccccc1)C2. The highest BCUT2D eigenvalue weighted by atomic mass is 16.5. The summed E-state index contributed by atoms with van der Waals surface area (Å²) in [5.74, 6) is -1.64. The number of hydrogen-bond acceptors (Lipinski definition) is 10. The van der Waals surface area contributed by atoms with Gasteiger partial charge < -0.3 is 19.7 Å². The van der Waals surface area contributed by atoms with Crippen LogP contribution < -0.4 is 9.47 Å². The van der Waals surface area contributed by atoms with E-state index in [1.807, 2.05) is 121 Å². The Morgan fingerprint density at radius 2 is 0.511 bits per heavy atom. The van der Waals surface area contributed by atoms with Gasteiger partial charge in [0.2, 0.25) is 0 Å². The van der Waals surface area contributed by atoms with Gasteiger partial charge in [0.25, 0.3) is 0 Å². The molecular weight excluding hydrogens is 1090 g/mol. The fourth-order valence-electron chi connectivity index (χ4n) is 10.8. The summed E-state index contributed by atoms with van der Waals surface area (Å²) in [4.78, 5) is 29.2. The van der Waals surface area contributed by atoms with Crippen LogP contribution in [0.15, 0.2) is 231 Å². The van der Waals surface area contributed by atoms with E-state index < -0.39 is 11.9 Å². The van der Waals surface area contributed by atoms with E-state index in [4.69, 9.17) is 9.47 Å². The van der Waals surface area contributed by atoms with Crippen molar-refractivity contribution in [2.24, 2.45) is 0 Å². The highest BCUT2D eigenvalue weighted by Crippen LogP contribution is 2.43. The standard InChI is InChI=1S/C78H52N4O6/c79-47-69(31-51-19-7-1-8-20-51)57-35-61-43-65-39-59(71(49-81)33-53-23-11-3-12-24-53)41-67(75(65)87-77(85)55-27-15-5-16-28-55)45-63-37-58(70(48-80)32-52-21-9-2-10-22-52)38-64(74(63)84)46-68-42-60(72(50-82)34-54-25-13-4-14-26-54)40-66(44-62(36-57)73(61)83)76(68)88-78(86)56-29-17-6-18-30-56/h1-42,83-84H,43-46H2/b69-31+,70-32+,71-33+,72-34+. The molecule has 10 aromatic rings. The Labute approximate surface area is 509 Å². The second kappa shape index (κ2) is 26.5. The van der Waals surface area contributed by atoms with Crippen molar-refractivity contribution in [2.75, 3.05) is 0 Å². The minimum atomic E-state index is -0.706.